The van der Waals surface area contributed by atoms with E-state index in [0.29, 0.717) is 0 Å². The first-order chi connectivity index (χ1) is 9.60. The van der Waals surface area contributed by atoms with Crippen molar-refractivity contribution in [3.05, 3.63) is 42.0 Å². The van der Waals surface area contributed by atoms with Crippen LogP contribution < -0.4 is 10.1 Å². The zero-order chi connectivity index (χ0) is 14.5. The molecule has 0 fully saturated rings. The highest BCUT2D eigenvalue weighted by Gasteiger charge is 2.19. The molecular weight excluding hydrogens is 248 g/mol. The van der Waals surface area contributed by atoms with Gasteiger partial charge in [-0.3, -0.25) is 10.3 Å². The van der Waals surface area contributed by atoms with E-state index in [1.165, 1.54) is 5.56 Å². The molecule has 1 aliphatic rings. The number of hydrogen-bond donors (Lipinski definition) is 1. The van der Waals surface area contributed by atoms with Crippen LogP contribution in [0.2, 0.25) is 0 Å². The Morgan fingerprint density at radius 3 is 2.70 bits per heavy atom. The van der Waals surface area contributed by atoms with Crippen LogP contribution in [0.3, 0.4) is 0 Å². The fourth-order valence-corrected chi connectivity index (χ4v) is 2.30. The highest BCUT2D eigenvalue weighted by atomic mass is 16.5. The average molecular weight is 272 g/mol. The number of hydrogen-bond acceptors (Lipinski definition) is 3. The maximum atomic E-state index is 5.65. The molecule has 3 heteroatoms. The van der Waals surface area contributed by atoms with Crippen LogP contribution >= 0.6 is 0 Å². The second-order valence-electron chi connectivity index (χ2n) is 5.45. The number of rotatable bonds is 6. The molecule has 0 amide bonds. The summed E-state index contributed by atoms with van der Waals surface area (Å²) < 4.78 is 5.65. The van der Waals surface area contributed by atoms with Crippen molar-refractivity contribution in [2.45, 2.75) is 45.9 Å². The topological polar surface area (TPSA) is 33.6 Å². The minimum Gasteiger partial charge on any atom is -0.491 e. The lowest BCUT2D eigenvalue weighted by Crippen LogP contribution is -2.17. The Hall–Kier alpha value is -1.61. The van der Waals surface area contributed by atoms with Gasteiger partial charge in [0.15, 0.2) is 0 Å². The van der Waals surface area contributed by atoms with E-state index >= 15 is 0 Å². The van der Waals surface area contributed by atoms with Crippen molar-refractivity contribution in [1.29, 1.82) is 0 Å². The largest absolute Gasteiger partial charge is 0.491 e. The number of nitrogens with zero attached hydrogens (tertiary/aromatic N) is 1. The predicted molar refractivity (Wildman–Crippen MR) is 84.4 cm³/mol. The summed E-state index contributed by atoms with van der Waals surface area (Å²) in [6.07, 6.45) is 2.39. The third kappa shape index (κ3) is 3.70. The fraction of sp³-hybridized carbons (Fsp3) is 0.471. The second kappa shape index (κ2) is 6.71. The molecule has 1 unspecified atom stereocenters. The van der Waals surface area contributed by atoms with Crippen LogP contribution in [0.15, 0.2) is 41.4 Å². The maximum Gasteiger partial charge on any atom is 0.126 e. The van der Waals surface area contributed by atoms with E-state index in [-0.39, 0.29) is 12.3 Å². The normalized spacial score (nSPS) is 18.2. The third-order valence-corrected chi connectivity index (χ3v) is 3.28. The molecule has 0 aliphatic carbocycles. The van der Waals surface area contributed by atoms with Crippen molar-refractivity contribution < 1.29 is 4.74 Å². The van der Waals surface area contributed by atoms with E-state index in [1.54, 1.807) is 0 Å². The molecule has 20 heavy (non-hydrogen) atoms. The standard InChI is InChI=1S/C17H24N2O/c1-5-6-13(4)16-11-18-17(19-16)14-7-9-15(10-8-14)20-12(2)3/h7-10,12,17-18H,4-6,11H2,1-3H3. The van der Waals surface area contributed by atoms with Gasteiger partial charge in [-0.25, -0.2) is 0 Å². The summed E-state index contributed by atoms with van der Waals surface area (Å²) in [5.74, 6) is 0.904. The van der Waals surface area contributed by atoms with Gasteiger partial charge in [-0.1, -0.05) is 32.1 Å². The second-order valence-corrected chi connectivity index (χ2v) is 5.45. The van der Waals surface area contributed by atoms with Crippen LogP contribution in [0, 0.1) is 0 Å². The first-order valence-corrected chi connectivity index (χ1v) is 7.35. The van der Waals surface area contributed by atoms with Gasteiger partial charge in [-0.05, 0) is 43.5 Å². The number of ether oxygens (including phenoxy) is 1. The SMILES string of the molecule is C=C(CCC)C1=NC(c2ccc(OC(C)C)cc2)NC1. The Labute approximate surface area is 121 Å². The van der Waals surface area contributed by atoms with Gasteiger partial charge in [-0.2, -0.15) is 0 Å². The molecule has 2 rings (SSSR count). The molecule has 1 N–H and O–H groups in total. The van der Waals surface area contributed by atoms with Gasteiger partial charge in [0.05, 0.1) is 11.8 Å². The van der Waals surface area contributed by atoms with Crippen molar-refractivity contribution in [1.82, 2.24) is 5.32 Å². The van der Waals surface area contributed by atoms with Gasteiger partial charge in [-0.15, -0.1) is 0 Å². The molecule has 1 atom stereocenters. The zero-order valence-electron chi connectivity index (χ0n) is 12.6. The lowest BCUT2D eigenvalue weighted by atomic mass is 10.1. The molecule has 0 saturated heterocycles. The van der Waals surface area contributed by atoms with Crippen molar-refractivity contribution in [3.63, 3.8) is 0 Å². The number of benzene rings is 1. The quantitative estimate of drug-likeness (QED) is 0.852. The van der Waals surface area contributed by atoms with Crippen LogP contribution in [0.4, 0.5) is 0 Å². The average Bonchev–Trinajstić information content (AvgIpc) is 2.89. The summed E-state index contributed by atoms with van der Waals surface area (Å²) in [5, 5.41) is 3.42. The Morgan fingerprint density at radius 2 is 2.10 bits per heavy atom. The highest BCUT2D eigenvalue weighted by molar-refractivity contribution is 6.02. The van der Waals surface area contributed by atoms with Crippen molar-refractivity contribution >= 4 is 5.71 Å². The van der Waals surface area contributed by atoms with Gasteiger partial charge in [0.25, 0.3) is 0 Å². The number of aliphatic imine (C=N–C) groups is 1. The monoisotopic (exact) mass is 272 g/mol. The van der Waals surface area contributed by atoms with Crippen molar-refractivity contribution in [3.8, 4) is 5.75 Å². The van der Waals surface area contributed by atoms with Crippen molar-refractivity contribution in [2.75, 3.05) is 6.54 Å². The fourth-order valence-electron chi connectivity index (χ4n) is 2.30. The van der Waals surface area contributed by atoms with Crippen LogP contribution in [0.25, 0.3) is 0 Å². The molecule has 0 bridgehead atoms. The molecule has 1 aromatic rings. The van der Waals surface area contributed by atoms with E-state index < -0.39 is 0 Å². The molecule has 0 radical (unpaired) electrons. The Balaban J connectivity index is 2.04. The van der Waals surface area contributed by atoms with E-state index in [9.17, 15) is 0 Å². The predicted octanol–water partition coefficient (Wildman–Crippen LogP) is 3.87. The summed E-state index contributed by atoms with van der Waals surface area (Å²) >= 11 is 0. The molecule has 1 heterocycles. The molecule has 1 aliphatic heterocycles. The Bertz CT molecular complexity index is 488. The van der Waals surface area contributed by atoms with Crippen LogP contribution in [-0.2, 0) is 0 Å². The zero-order valence-corrected chi connectivity index (χ0v) is 12.6. The molecule has 0 aromatic heterocycles. The first-order valence-electron chi connectivity index (χ1n) is 7.35. The third-order valence-electron chi connectivity index (χ3n) is 3.28. The Morgan fingerprint density at radius 1 is 1.40 bits per heavy atom. The summed E-state index contributed by atoms with van der Waals surface area (Å²) in [5.41, 5.74) is 3.43. The summed E-state index contributed by atoms with van der Waals surface area (Å²) in [4.78, 5) is 4.73. The lowest BCUT2D eigenvalue weighted by Gasteiger charge is -2.12. The van der Waals surface area contributed by atoms with E-state index in [2.05, 4.69) is 31.0 Å². The molecule has 1 aromatic carbocycles. The molecule has 0 spiro atoms. The van der Waals surface area contributed by atoms with Gasteiger partial charge in [0.2, 0.25) is 0 Å². The summed E-state index contributed by atoms with van der Waals surface area (Å²) in [6.45, 7) is 11.1. The minimum absolute atomic E-state index is 0.0479. The summed E-state index contributed by atoms with van der Waals surface area (Å²) in [6, 6.07) is 8.16. The van der Waals surface area contributed by atoms with Gasteiger partial charge in [0.1, 0.15) is 11.9 Å². The van der Waals surface area contributed by atoms with E-state index in [4.69, 9.17) is 9.73 Å². The number of nitrogens with one attached hydrogen (secondary N) is 1. The van der Waals surface area contributed by atoms with Gasteiger partial charge < -0.3 is 4.74 Å². The smallest absolute Gasteiger partial charge is 0.126 e. The highest BCUT2D eigenvalue weighted by Crippen LogP contribution is 2.23. The van der Waals surface area contributed by atoms with Crippen LogP contribution in [0.5, 0.6) is 5.75 Å². The van der Waals surface area contributed by atoms with E-state index in [0.717, 1.165) is 36.4 Å². The van der Waals surface area contributed by atoms with Gasteiger partial charge >= 0.3 is 0 Å². The summed E-state index contributed by atoms with van der Waals surface area (Å²) in [7, 11) is 0. The first kappa shape index (κ1) is 14.8. The minimum atomic E-state index is 0.0479. The van der Waals surface area contributed by atoms with Gasteiger partial charge in [0, 0.05) is 6.54 Å². The molecule has 3 nitrogen and oxygen atoms in total. The molecule has 108 valence electrons. The van der Waals surface area contributed by atoms with E-state index in [1.807, 2.05) is 26.0 Å². The molecule has 0 saturated carbocycles. The maximum absolute atomic E-state index is 5.65. The Kier molecular flexibility index (Phi) is 4.96. The van der Waals surface area contributed by atoms with Crippen LogP contribution in [0.1, 0.15) is 45.3 Å². The van der Waals surface area contributed by atoms with Crippen LogP contribution in [-0.4, -0.2) is 18.4 Å². The lowest BCUT2D eigenvalue weighted by molar-refractivity contribution is 0.242. The van der Waals surface area contributed by atoms with Crippen molar-refractivity contribution in [2.24, 2.45) is 4.99 Å². The molecular formula is C17H24N2O.